The third-order valence-electron chi connectivity index (χ3n) is 4.86. The lowest BCUT2D eigenvalue weighted by atomic mass is 10.1. The Morgan fingerprint density at radius 3 is 2.23 bits per heavy atom. The van der Waals surface area contributed by atoms with Crippen molar-refractivity contribution in [1.82, 2.24) is 15.2 Å². The number of ether oxygens (including phenoxy) is 1. The molecule has 1 saturated heterocycles. The van der Waals surface area contributed by atoms with Crippen LogP contribution in [0.25, 0.3) is 11.1 Å². The minimum absolute atomic E-state index is 0.306. The zero-order chi connectivity index (χ0) is 22.4. The number of nitrogens with one attached hydrogen (secondary N) is 1. The van der Waals surface area contributed by atoms with E-state index < -0.39 is 17.8 Å². The number of amides is 2. The fourth-order valence-electron chi connectivity index (χ4n) is 3.18. The molecule has 1 aliphatic heterocycles. The molecule has 7 nitrogen and oxygen atoms in total. The number of piperazine rings is 1. The number of rotatable bonds is 5. The van der Waals surface area contributed by atoms with E-state index in [0.29, 0.717) is 49.7 Å². The summed E-state index contributed by atoms with van der Waals surface area (Å²) in [7, 11) is 0. The molecule has 0 saturated carbocycles. The number of pyridine rings is 1. The molecule has 166 valence electrons. The Morgan fingerprint density at radius 2 is 1.68 bits per heavy atom. The highest BCUT2D eigenvalue weighted by Gasteiger charge is 2.30. The first-order chi connectivity index (χ1) is 14.8. The first-order valence-electron chi connectivity index (χ1n) is 9.85. The van der Waals surface area contributed by atoms with Gasteiger partial charge in [-0.15, -0.1) is 0 Å². The average molecular weight is 436 g/mol. The average Bonchev–Trinajstić information content (AvgIpc) is 2.77. The predicted octanol–water partition coefficient (Wildman–Crippen LogP) is 3.16. The first kappa shape index (κ1) is 22.4. The van der Waals surface area contributed by atoms with Gasteiger partial charge in [0.15, 0.2) is 6.61 Å². The smallest absolute Gasteiger partial charge is 0.416 e. The highest BCUT2D eigenvalue weighted by molar-refractivity contribution is 5.80. The Bertz CT molecular complexity index is 894. The van der Waals surface area contributed by atoms with Crippen LogP contribution in [-0.2, 0) is 15.7 Å². The predicted molar refractivity (Wildman–Crippen MR) is 108 cm³/mol. The molecule has 0 spiro atoms. The summed E-state index contributed by atoms with van der Waals surface area (Å²) in [5, 5.41) is 2.56. The van der Waals surface area contributed by atoms with Gasteiger partial charge in [0, 0.05) is 44.5 Å². The van der Waals surface area contributed by atoms with Crippen molar-refractivity contribution in [2.24, 2.45) is 0 Å². The number of nitrogens with zero attached hydrogens (tertiary/aromatic N) is 3. The number of carbonyl (C=O) groups is 2. The van der Waals surface area contributed by atoms with Gasteiger partial charge in [0.2, 0.25) is 0 Å². The van der Waals surface area contributed by atoms with E-state index in [4.69, 9.17) is 4.74 Å². The summed E-state index contributed by atoms with van der Waals surface area (Å²) in [6, 6.07) is 8.55. The van der Waals surface area contributed by atoms with Crippen LogP contribution in [0, 0.1) is 0 Å². The molecule has 0 unspecified atom stereocenters. The van der Waals surface area contributed by atoms with Crippen LogP contribution >= 0.6 is 0 Å². The SMILES string of the molecule is CCNC(=O)COC(=O)N1CCN(c2ccc(-c3ccc(C(F)(F)F)cc3)cn2)CC1. The lowest BCUT2D eigenvalue weighted by Crippen LogP contribution is -2.49. The zero-order valence-corrected chi connectivity index (χ0v) is 17.0. The molecule has 1 N–H and O–H groups in total. The number of hydrogen-bond donors (Lipinski definition) is 1. The second-order valence-electron chi connectivity index (χ2n) is 6.96. The van der Waals surface area contributed by atoms with E-state index in [2.05, 4.69) is 10.3 Å². The summed E-state index contributed by atoms with van der Waals surface area (Å²) >= 11 is 0. The summed E-state index contributed by atoms with van der Waals surface area (Å²) in [5.41, 5.74) is 0.667. The van der Waals surface area contributed by atoms with Crippen LogP contribution in [0.5, 0.6) is 0 Å². The molecule has 2 aromatic rings. The Labute approximate surface area is 177 Å². The van der Waals surface area contributed by atoms with Crippen molar-refractivity contribution >= 4 is 17.8 Å². The number of halogens is 3. The number of anilines is 1. The molecule has 1 aromatic carbocycles. The van der Waals surface area contributed by atoms with E-state index in [1.807, 2.05) is 4.90 Å². The second-order valence-corrected chi connectivity index (χ2v) is 6.96. The number of hydrogen-bond acceptors (Lipinski definition) is 5. The maximum Gasteiger partial charge on any atom is 0.416 e. The highest BCUT2D eigenvalue weighted by Crippen LogP contribution is 2.31. The van der Waals surface area contributed by atoms with Crippen molar-refractivity contribution < 1.29 is 27.5 Å². The quantitative estimate of drug-likeness (QED) is 0.780. The summed E-state index contributed by atoms with van der Waals surface area (Å²) in [6.45, 7) is 3.89. The second kappa shape index (κ2) is 9.67. The maximum atomic E-state index is 12.7. The lowest BCUT2D eigenvalue weighted by molar-refractivity contribution is -0.137. The van der Waals surface area contributed by atoms with Gasteiger partial charge >= 0.3 is 12.3 Å². The van der Waals surface area contributed by atoms with Crippen molar-refractivity contribution in [1.29, 1.82) is 0 Å². The van der Waals surface area contributed by atoms with Crippen LogP contribution in [-0.4, -0.2) is 61.2 Å². The third kappa shape index (κ3) is 5.87. The van der Waals surface area contributed by atoms with E-state index >= 15 is 0 Å². The van der Waals surface area contributed by atoms with E-state index in [9.17, 15) is 22.8 Å². The van der Waals surface area contributed by atoms with E-state index in [-0.39, 0.29) is 12.5 Å². The zero-order valence-electron chi connectivity index (χ0n) is 17.0. The van der Waals surface area contributed by atoms with Gasteiger partial charge in [-0.05, 0) is 36.8 Å². The molecule has 0 atom stereocenters. The molecule has 0 bridgehead atoms. The van der Waals surface area contributed by atoms with E-state index in [0.717, 1.165) is 12.1 Å². The minimum atomic E-state index is -4.36. The van der Waals surface area contributed by atoms with Crippen LogP contribution in [0.15, 0.2) is 42.6 Å². The molecule has 3 rings (SSSR count). The van der Waals surface area contributed by atoms with Gasteiger partial charge in [0.05, 0.1) is 5.56 Å². The molecular formula is C21H23F3N4O3. The fraction of sp³-hybridized carbons (Fsp3) is 0.381. The molecule has 1 aromatic heterocycles. The Morgan fingerprint density at radius 1 is 1.03 bits per heavy atom. The third-order valence-corrected chi connectivity index (χ3v) is 4.86. The van der Waals surface area contributed by atoms with Gasteiger partial charge < -0.3 is 19.9 Å². The van der Waals surface area contributed by atoms with Crippen molar-refractivity contribution in [3.63, 3.8) is 0 Å². The standard InChI is InChI=1S/C21H23F3N4O3/c1-2-25-19(29)14-31-20(30)28-11-9-27(10-12-28)18-8-5-16(13-26-18)15-3-6-17(7-4-15)21(22,23)24/h3-8,13H,2,9-12,14H2,1H3,(H,25,29). The van der Waals surface area contributed by atoms with Gasteiger partial charge in [-0.25, -0.2) is 9.78 Å². The summed E-state index contributed by atoms with van der Waals surface area (Å²) in [4.78, 5) is 31.4. The minimum Gasteiger partial charge on any atom is -0.439 e. The van der Waals surface area contributed by atoms with Gasteiger partial charge in [0.1, 0.15) is 5.82 Å². The van der Waals surface area contributed by atoms with Crippen molar-refractivity contribution in [3.05, 3.63) is 48.2 Å². The van der Waals surface area contributed by atoms with Gasteiger partial charge in [-0.3, -0.25) is 4.79 Å². The summed E-state index contributed by atoms with van der Waals surface area (Å²) in [5.74, 6) is 0.373. The molecule has 1 fully saturated rings. The van der Waals surface area contributed by atoms with Crippen LogP contribution in [0.2, 0.25) is 0 Å². The van der Waals surface area contributed by atoms with Crippen molar-refractivity contribution in [3.8, 4) is 11.1 Å². The first-order valence-corrected chi connectivity index (χ1v) is 9.85. The number of likely N-dealkylation sites (N-methyl/N-ethyl adjacent to an activating group) is 1. The van der Waals surface area contributed by atoms with Crippen LogP contribution in [0.3, 0.4) is 0 Å². The normalized spacial score (nSPS) is 14.3. The lowest BCUT2D eigenvalue weighted by Gasteiger charge is -2.34. The molecule has 10 heteroatoms. The molecule has 1 aliphatic rings. The monoisotopic (exact) mass is 436 g/mol. The Balaban J connectivity index is 1.53. The molecule has 0 radical (unpaired) electrons. The van der Waals surface area contributed by atoms with Crippen LogP contribution in [0.4, 0.5) is 23.8 Å². The molecule has 31 heavy (non-hydrogen) atoms. The van der Waals surface area contributed by atoms with E-state index in [1.165, 1.54) is 17.0 Å². The summed E-state index contributed by atoms with van der Waals surface area (Å²) < 4.78 is 43.1. The van der Waals surface area contributed by atoms with Crippen molar-refractivity contribution in [2.45, 2.75) is 13.1 Å². The van der Waals surface area contributed by atoms with Crippen molar-refractivity contribution in [2.75, 3.05) is 44.2 Å². The largest absolute Gasteiger partial charge is 0.439 e. The number of alkyl halides is 3. The summed E-state index contributed by atoms with van der Waals surface area (Å²) in [6.07, 6.45) is -3.28. The van der Waals surface area contributed by atoms with Crippen LogP contribution < -0.4 is 10.2 Å². The maximum absolute atomic E-state index is 12.7. The number of carbonyl (C=O) groups excluding carboxylic acids is 2. The highest BCUT2D eigenvalue weighted by atomic mass is 19.4. The fourth-order valence-corrected chi connectivity index (χ4v) is 3.18. The van der Waals surface area contributed by atoms with Gasteiger partial charge in [0.25, 0.3) is 5.91 Å². The van der Waals surface area contributed by atoms with Crippen LogP contribution in [0.1, 0.15) is 12.5 Å². The Hall–Kier alpha value is -3.30. The van der Waals surface area contributed by atoms with E-state index in [1.54, 1.807) is 25.3 Å². The molecular weight excluding hydrogens is 413 g/mol. The number of aromatic nitrogens is 1. The number of benzene rings is 1. The molecule has 2 amide bonds. The molecule has 2 heterocycles. The Kier molecular flexibility index (Phi) is 6.98. The van der Waals surface area contributed by atoms with Gasteiger partial charge in [-0.2, -0.15) is 13.2 Å². The topological polar surface area (TPSA) is 74.8 Å². The molecule has 0 aliphatic carbocycles. The van der Waals surface area contributed by atoms with Gasteiger partial charge in [-0.1, -0.05) is 12.1 Å².